The van der Waals surface area contributed by atoms with Gasteiger partial charge in [-0.3, -0.25) is 9.89 Å². The lowest BCUT2D eigenvalue weighted by molar-refractivity contribution is -0.143. The molecular weight excluding hydrogens is 472 g/mol. The number of ether oxygens (including phenoxy) is 1. The van der Waals surface area contributed by atoms with Gasteiger partial charge < -0.3 is 15.4 Å². The highest BCUT2D eigenvalue weighted by Gasteiger charge is 2.28. The molecule has 0 saturated carbocycles. The molecule has 0 aliphatic rings. The largest absolute Gasteiger partial charge is 0.496 e. The van der Waals surface area contributed by atoms with Gasteiger partial charge in [-0.25, -0.2) is 0 Å². The third-order valence-electron chi connectivity index (χ3n) is 3.80. The molecule has 0 radical (unpaired) electrons. The van der Waals surface area contributed by atoms with Crippen molar-refractivity contribution in [1.29, 1.82) is 0 Å². The quantitative estimate of drug-likeness (QED) is 0.236. The van der Waals surface area contributed by atoms with E-state index in [0.29, 0.717) is 32.0 Å². The Hall–Kier alpha value is -1.23. The highest BCUT2D eigenvalue weighted by molar-refractivity contribution is 14.0. The maximum atomic E-state index is 12.3. The van der Waals surface area contributed by atoms with E-state index >= 15 is 0 Å². The van der Waals surface area contributed by atoms with Crippen LogP contribution in [-0.2, 0) is 6.42 Å². The van der Waals surface area contributed by atoms with Crippen molar-refractivity contribution in [2.24, 2.45) is 4.99 Å². The van der Waals surface area contributed by atoms with Crippen molar-refractivity contribution in [3.05, 3.63) is 29.3 Å². The number of benzene rings is 1. The summed E-state index contributed by atoms with van der Waals surface area (Å²) < 4.78 is 42.1. The summed E-state index contributed by atoms with van der Waals surface area (Å²) in [6.45, 7) is 2.73. The fraction of sp³-hybridized carbons (Fsp3) is 0.611. The monoisotopic (exact) mass is 502 g/mol. The van der Waals surface area contributed by atoms with E-state index in [1.807, 2.05) is 19.1 Å². The number of guanidine groups is 1. The highest BCUT2D eigenvalue weighted by Crippen LogP contribution is 2.19. The van der Waals surface area contributed by atoms with E-state index in [2.05, 4.69) is 21.7 Å². The summed E-state index contributed by atoms with van der Waals surface area (Å²) in [6, 6.07) is 6.05. The number of aryl methyl sites for hydroxylation is 1. The third-order valence-corrected chi connectivity index (χ3v) is 3.80. The van der Waals surface area contributed by atoms with Crippen molar-refractivity contribution < 1.29 is 17.9 Å². The van der Waals surface area contributed by atoms with E-state index in [9.17, 15) is 13.2 Å². The van der Waals surface area contributed by atoms with Crippen molar-refractivity contribution in [3.63, 3.8) is 0 Å². The smallest absolute Gasteiger partial charge is 0.401 e. The summed E-state index contributed by atoms with van der Waals surface area (Å²) >= 11 is 0. The summed E-state index contributed by atoms with van der Waals surface area (Å²) in [5.41, 5.74) is 2.29. The van der Waals surface area contributed by atoms with Crippen LogP contribution >= 0.6 is 24.0 Å². The van der Waals surface area contributed by atoms with Crippen LogP contribution < -0.4 is 15.4 Å². The van der Waals surface area contributed by atoms with Crippen LogP contribution in [0.3, 0.4) is 0 Å². The molecule has 156 valence electrons. The minimum absolute atomic E-state index is 0. The Morgan fingerprint density at radius 1 is 1.22 bits per heavy atom. The molecule has 0 aromatic heterocycles. The van der Waals surface area contributed by atoms with Crippen LogP contribution in [0.2, 0.25) is 0 Å². The molecule has 0 bridgehead atoms. The summed E-state index contributed by atoms with van der Waals surface area (Å²) in [5, 5.41) is 6.32. The average Bonchev–Trinajstić information content (AvgIpc) is 2.55. The SMILES string of the molecule is CN=C(NCCCN(C)CC(F)(F)F)NCCc1cc(C)ccc1OC.I. The molecular formula is C18H30F3IN4O. The van der Waals surface area contributed by atoms with Crippen molar-refractivity contribution in [3.8, 4) is 5.75 Å². The normalized spacial score (nSPS) is 11.9. The molecule has 9 heteroatoms. The minimum atomic E-state index is -4.16. The molecule has 0 spiro atoms. The van der Waals surface area contributed by atoms with Gasteiger partial charge in [-0.2, -0.15) is 13.2 Å². The minimum Gasteiger partial charge on any atom is -0.496 e. The maximum absolute atomic E-state index is 12.3. The van der Waals surface area contributed by atoms with Gasteiger partial charge in [-0.1, -0.05) is 17.7 Å². The van der Waals surface area contributed by atoms with Crippen LogP contribution in [0, 0.1) is 6.92 Å². The number of aliphatic imine (C=N–C) groups is 1. The zero-order valence-electron chi connectivity index (χ0n) is 16.3. The molecule has 27 heavy (non-hydrogen) atoms. The number of nitrogens with zero attached hydrogens (tertiary/aromatic N) is 2. The first-order valence-electron chi connectivity index (χ1n) is 8.58. The van der Waals surface area contributed by atoms with Crippen LogP contribution in [0.4, 0.5) is 13.2 Å². The lowest BCUT2D eigenvalue weighted by Gasteiger charge is -2.19. The van der Waals surface area contributed by atoms with Crippen molar-refractivity contribution in [2.45, 2.75) is 25.9 Å². The van der Waals surface area contributed by atoms with Crippen molar-refractivity contribution in [2.75, 3.05) is 47.4 Å². The second kappa shape index (κ2) is 13.0. The number of alkyl halides is 3. The second-order valence-electron chi connectivity index (χ2n) is 6.20. The fourth-order valence-electron chi connectivity index (χ4n) is 2.58. The molecule has 0 amide bonds. The van der Waals surface area contributed by atoms with Crippen LogP contribution in [0.25, 0.3) is 0 Å². The summed E-state index contributed by atoms with van der Waals surface area (Å²) in [7, 11) is 4.78. The molecule has 0 saturated heterocycles. The summed E-state index contributed by atoms with van der Waals surface area (Å²) in [5.74, 6) is 1.49. The average molecular weight is 502 g/mol. The predicted octanol–water partition coefficient (Wildman–Crippen LogP) is 3.21. The molecule has 0 aliphatic carbocycles. The first-order valence-corrected chi connectivity index (χ1v) is 8.58. The molecule has 0 unspecified atom stereocenters. The Morgan fingerprint density at radius 2 is 1.89 bits per heavy atom. The van der Waals surface area contributed by atoms with Crippen LogP contribution in [0.5, 0.6) is 5.75 Å². The van der Waals surface area contributed by atoms with E-state index in [0.717, 1.165) is 17.7 Å². The first kappa shape index (κ1) is 25.8. The van der Waals surface area contributed by atoms with Crippen LogP contribution in [-0.4, -0.2) is 64.4 Å². The molecule has 0 atom stereocenters. The van der Waals surface area contributed by atoms with Gasteiger partial charge in [0, 0.05) is 20.1 Å². The molecule has 1 aromatic carbocycles. The summed E-state index contributed by atoms with van der Waals surface area (Å²) in [6.07, 6.45) is -2.78. The molecule has 0 fully saturated rings. The topological polar surface area (TPSA) is 48.9 Å². The Kier molecular flexibility index (Phi) is 12.4. The standard InChI is InChI=1S/C18H29F3N4O.HI/c1-14-6-7-16(26-4)15(12-14)8-10-24-17(22-2)23-9-5-11-25(3)13-18(19,20)21;/h6-7,12H,5,8-11,13H2,1-4H3,(H2,22,23,24);1H. The van der Waals surface area contributed by atoms with Gasteiger partial charge in [-0.15, -0.1) is 24.0 Å². The number of hydrogen-bond acceptors (Lipinski definition) is 3. The number of halogens is 4. The number of nitrogens with one attached hydrogen (secondary N) is 2. The van der Waals surface area contributed by atoms with Gasteiger partial charge in [0.2, 0.25) is 0 Å². The molecule has 0 aliphatic heterocycles. The molecule has 0 heterocycles. The van der Waals surface area contributed by atoms with Crippen molar-refractivity contribution in [1.82, 2.24) is 15.5 Å². The van der Waals surface area contributed by atoms with E-state index < -0.39 is 12.7 Å². The van der Waals surface area contributed by atoms with Gasteiger partial charge in [0.15, 0.2) is 5.96 Å². The maximum Gasteiger partial charge on any atom is 0.401 e. The number of rotatable bonds is 9. The second-order valence-corrected chi connectivity index (χ2v) is 6.20. The summed E-state index contributed by atoms with van der Waals surface area (Å²) in [4.78, 5) is 5.39. The Balaban J connectivity index is 0.00000676. The zero-order valence-corrected chi connectivity index (χ0v) is 18.6. The van der Waals surface area contributed by atoms with Gasteiger partial charge >= 0.3 is 6.18 Å². The van der Waals surface area contributed by atoms with Crippen molar-refractivity contribution >= 4 is 29.9 Å². The molecule has 1 aromatic rings. The van der Waals surface area contributed by atoms with E-state index in [1.54, 1.807) is 14.2 Å². The van der Waals surface area contributed by atoms with Crippen LogP contribution in [0.15, 0.2) is 23.2 Å². The number of hydrogen-bond donors (Lipinski definition) is 2. The van der Waals surface area contributed by atoms with Crippen LogP contribution in [0.1, 0.15) is 17.5 Å². The number of methoxy groups -OCH3 is 1. The van der Waals surface area contributed by atoms with Gasteiger partial charge in [0.05, 0.1) is 13.7 Å². The molecule has 1 rings (SSSR count). The van der Waals surface area contributed by atoms with E-state index in [4.69, 9.17) is 4.74 Å². The predicted molar refractivity (Wildman–Crippen MR) is 114 cm³/mol. The fourth-order valence-corrected chi connectivity index (χ4v) is 2.58. The highest BCUT2D eigenvalue weighted by atomic mass is 127. The Bertz CT molecular complexity index is 582. The zero-order chi connectivity index (χ0) is 19.6. The third kappa shape index (κ3) is 11.3. The molecule has 2 N–H and O–H groups in total. The van der Waals surface area contributed by atoms with Gasteiger partial charge in [0.1, 0.15) is 5.75 Å². The lowest BCUT2D eigenvalue weighted by atomic mass is 10.1. The first-order chi connectivity index (χ1) is 12.2. The van der Waals surface area contributed by atoms with Gasteiger partial charge in [0.25, 0.3) is 0 Å². The lowest BCUT2D eigenvalue weighted by Crippen LogP contribution is -2.40. The Morgan fingerprint density at radius 3 is 2.48 bits per heavy atom. The van der Waals surface area contributed by atoms with E-state index in [1.165, 1.54) is 17.5 Å². The molecule has 5 nitrogen and oxygen atoms in total. The van der Waals surface area contributed by atoms with Gasteiger partial charge in [-0.05, 0) is 45.0 Å². The Labute approximate surface area is 176 Å². The van der Waals surface area contributed by atoms with E-state index in [-0.39, 0.29) is 24.0 Å².